The molecule has 0 aromatic carbocycles. The Balaban J connectivity index is 3.42. The van der Waals surface area contributed by atoms with Crippen molar-refractivity contribution >= 4 is 11.8 Å². The lowest BCUT2D eigenvalue weighted by molar-refractivity contribution is 0.552. The van der Waals surface area contributed by atoms with Crippen LogP contribution in [0.5, 0.6) is 0 Å². The van der Waals surface area contributed by atoms with E-state index in [0.717, 1.165) is 12.8 Å². The molecule has 0 saturated carbocycles. The molecule has 0 saturated heterocycles. The molecule has 6 heteroatoms. The summed E-state index contributed by atoms with van der Waals surface area (Å²) in [7, 11) is 0. The Morgan fingerprint density at radius 3 is 2.69 bits per heavy atom. The molecule has 1 N–H and O–H groups in total. The molecule has 0 fully saturated rings. The minimum atomic E-state index is -0.607. The Kier molecular flexibility index (Phi) is 4.38. The molecule has 16 heavy (non-hydrogen) atoms. The molecule has 5 nitrogen and oxygen atoms in total. The molecule has 0 spiro atoms. The van der Waals surface area contributed by atoms with Gasteiger partial charge in [0.15, 0.2) is 0 Å². The highest BCUT2D eigenvalue weighted by Gasteiger charge is 2.13. The molecule has 1 aromatic rings. The minimum Gasteiger partial charge on any atom is -0.287 e. The topological polar surface area (TPSA) is 78.7 Å². The van der Waals surface area contributed by atoms with Crippen molar-refractivity contribution in [1.29, 1.82) is 5.26 Å². The van der Waals surface area contributed by atoms with E-state index in [4.69, 9.17) is 5.26 Å². The zero-order valence-corrected chi connectivity index (χ0v) is 10.1. The summed E-state index contributed by atoms with van der Waals surface area (Å²) in [6, 6.07) is 1.83. The van der Waals surface area contributed by atoms with Crippen LogP contribution in [0, 0.1) is 11.3 Å². The van der Waals surface area contributed by atoms with E-state index in [-0.39, 0.29) is 5.56 Å². The molecule has 1 heterocycles. The summed E-state index contributed by atoms with van der Waals surface area (Å²) in [4.78, 5) is 25.1. The van der Waals surface area contributed by atoms with Crippen LogP contribution in [0.25, 0.3) is 0 Å². The summed E-state index contributed by atoms with van der Waals surface area (Å²) in [6.07, 6.45) is 3.53. The number of rotatable bonds is 4. The van der Waals surface area contributed by atoms with Gasteiger partial charge in [0.1, 0.15) is 16.7 Å². The van der Waals surface area contributed by atoms with Crippen LogP contribution in [0.4, 0.5) is 0 Å². The average molecular weight is 239 g/mol. The number of thioether (sulfide) groups is 1. The number of hydrogen-bond donors (Lipinski definition) is 1. The molecule has 0 aliphatic rings. The van der Waals surface area contributed by atoms with Crippen molar-refractivity contribution in [2.75, 3.05) is 6.26 Å². The van der Waals surface area contributed by atoms with E-state index in [0.29, 0.717) is 11.6 Å². The van der Waals surface area contributed by atoms with Gasteiger partial charge in [-0.2, -0.15) is 5.26 Å². The molecule has 0 radical (unpaired) electrons. The van der Waals surface area contributed by atoms with Gasteiger partial charge >= 0.3 is 5.69 Å². The third kappa shape index (κ3) is 2.36. The molecule has 1 aromatic heterocycles. The summed E-state index contributed by atoms with van der Waals surface area (Å²) in [5.41, 5.74) is -1.03. The molecule has 1 rings (SSSR count). The summed E-state index contributed by atoms with van der Waals surface area (Å²) < 4.78 is 1.45. The number of unbranched alkanes of at least 4 members (excludes halogenated alkanes) is 1. The zero-order chi connectivity index (χ0) is 12.1. The van der Waals surface area contributed by atoms with E-state index >= 15 is 0 Å². The van der Waals surface area contributed by atoms with Crippen LogP contribution in [0.15, 0.2) is 14.6 Å². The number of nitrogens with zero attached hydrogens (tertiary/aromatic N) is 2. The largest absolute Gasteiger partial charge is 0.329 e. The second-order valence-electron chi connectivity index (χ2n) is 3.26. The van der Waals surface area contributed by atoms with Crippen LogP contribution in [0.1, 0.15) is 25.3 Å². The standard InChI is InChI=1S/C10H13N3O2S/c1-3-4-5-13-9(16-2)7(6-11)8(14)12-10(13)15/h3-5H2,1-2H3,(H,12,14,15). The molecular weight excluding hydrogens is 226 g/mol. The maximum Gasteiger partial charge on any atom is 0.329 e. The van der Waals surface area contributed by atoms with Crippen LogP contribution in [-0.2, 0) is 6.54 Å². The highest BCUT2D eigenvalue weighted by atomic mass is 32.2. The maximum atomic E-state index is 11.6. The quantitative estimate of drug-likeness (QED) is 0.626. The van der Waals surface area contributed by atoms with Crippen molar-refractivity contribution in [1.82, 2.24) is 9.55 Å². The lowest BCUT2D eigenvalue weighted by atomic mass is 10.3. The van der Waals surface area contributed by atoms with Gasteiger partial charge in [-0.25, -0.2) is 4.79 Å². The number of nitriles is 1. The van der Waals surface area contributed by atoms with E-state index in [1.807, 2.05) is 13.0 Å². The van der Waals surface area contributed by atoms with Gasteiger partial charge in [-0.3, -0.25) is 14.3 Å². The fraction of sp³-hybridized carbons (Fsp3) is 0.500. The van der Waals surface area contributed by atoms with Gasteiger partial charge in [0, 0.05) is 6.54 Å². The molecule has 0 unspecified atom stereocenters. The summed E-state index contributed by atoms with van der Waals surface area (Å²) in [5.74, 6) is 0. The first-order valence-electron chi connectivity index (χ1n) is 4.96. The normalized spacial score (nSPS) is 10.1. The van der Waals surface area contributed by atoms with Crippen LogP contribution in [-0.4, -0.2) is 15.8 Å². The summed E-state index contributed by atoms with van der Waals surface area (Å²) >= 11 is 1.25. The van der Waals surface area contributed by atoms with Crippen LogP contribution >= 0.6 is 11.8 Å². The second kappa shape index (κ2) is 5.56. The van der Waals surface area contributed by atoms with Gasteiger partial charge in [-0.1, -0.05) is 13.3 Å². The number of hydrogen-bond acceptors (Lipinski definition) is 4. The maximum absolute atomic E-state index is 11.6. The van der Waals surface area contributed by atoms with Gasteiger partial charge in [0.05, 0.1) is 0 Å². The van der Waals surface area contributed by atoms with E-state index in [1.54, 1.807) is 6.26 Å². The highest BCUT2D eigenvalue weighted by Crippen LogP contribution is 2.15. The van der Waals surface area contributed by atoms with Gasteiger partial charge in [-0.15, -0.1) is 11.8 Å². The average Bonchev–Trinajstić information content (AvgIpc) is 2.27. The van der Waals surface area contributed by atoms with Gasteiger partial charge in [-0.05, 0) is 12.7 Å². The van der Waals surface area contributed by atoms with Crippen molar-refractivity contribution < 1.29 is 0 Å². The van der Waals surface area contributed by atoms with Crippen molar-refractivity contribution in [3.8, 4) is 6.07 Å². The summed E-state index contributed by atoms with van der Waals surface area (Å²) in [5, 5.41) is 9.32. The Bertz CT molecular complexity index is 524. The predicted octanol–water partition coefficient (Wildman–Crippen LogP) is 0.930. The molecule has 0 atom stereocenters. The van der Waals surface area contributed by atoms with Crippen molar-refractivity contribution in [3.63, 3.8) is 0 Å². The second-order valence-corrected chi connectivity index (χ2v) is 4.06. The third-order valence-corrected chi connectivity index (χ3v) is 3.00. The van der Waals surface area contributed by atoms with Gasteiger partial charge in [0.25, 0.3) is 5.56 Å². The Morgan fingerprint density at radius 2 is 2.19 bits per heavy atom. The van der Waals surface area contributed by atoms with Gasteiger partial charge in [0.2, 0.25) is 0 Å². The summed E-state index contributed by atoms with van der Waals surface area (Å²) in [6.45, 7) is 2.54. The molecule has 0 aliphatic carbocycles. The SMILES string of the molecule is CCCCn1c(SC)c(C#N)c(=O)[nH]c1=O. The highest BCUT2D eigenvalue weighted by molar-refractivity contribution is 7.98. The van der Waals surface area contributed by atoms with E-state index in [1.165, 1.54) is 16.3 Å². The number of nitrogens with one attached hydrogen (secondary N) is 1. The molecule has 0 amide bonds. The zero-order valence-electron chi connectivity index (χ0n) is 9.24. The van der Waals surface area contributed by atoms with Crippen LogP contribution in [0.3, 0.4) is 0 Å². The molecule has 86 valence electrons. The Labute approximate surface area is 97.1 Å². The van der Waals surface area contributed by atoms with Gasteiger partial charge < -0.3 is 0 Å². The van der Waals surface area contributed by atoms with E-state index < -0.39 is 11.2 Å². The smallest absolute Gasteiger partial charge is 0.287 e. The number of H-pyrrole nitrogens is 1. The van der Waals surface area contributed by atoms with Crippen LogP contribution in [0.2, 0.25) is 0 Å². The van der Waals surface area contributed by atoms with E-state index in [2.05, 4.69) is 4.98 Å². The predicted molar refractivity (Wildman–Crippen MR) is 62.7 cm³/mol. The lowest BCUT2D eigenvalue weighted by Crippen LogP contribution is -2.33. The van der Waals surface area contributed by atoms with Crippen molar-refractivity contribution in [2.45, 2.75) is 31.3 Å². The van der Waals surface area contributed by atoms with Crippen LogP contribution < -0.4 is 11.2 Å². The first kappa shape index (κ1) is 12.6. The monoisotopic (exact) mass is 239 g/mol. The fourth-order valence-electron chi connectivity index (χ4n) is 1.38. The molecular formula is C10H13N3O2S. The first-order valence-corrected chi connectivity index (χ1v) is 6.19. The first-order chi connectivity index (χ1) is 7.65. The molecule has 0 aliphatic heterocycles. The van der Waals surface area contributed by atoms with Crippen molar-refractivity contribution in [3.05, 3.63) is 26.4 Å². The number of aromatic amines is 1. The third-order valence-electron chi connectivity index (χ3n) is 2.19. The van der Waals surface area contributed by atoms with E-state index in [9.17, 15) is 9.59 Å². The fourth-order valence-corrected chi connectivity index (χ4v) is 2.12. The Morgan fingerprint density at radius 1 is 1.50 bits per heavy atom. The minimum absolute atomic E-state index is 0.0169. The molecule has 0 bridgehead atoms. The lowest BCUT2D eigenvalue weighted by Gasteiger charge is -2.10. The number of aromatic nitrogens is 2. The van der Waals surface area contributed by atoms with Crippen molar-refractivity contribution in [2.24, 2.45) is 0 Å². The Hall–Kier alpha value is -1.48.